The van der Waals surface area contributed by atoms with Crippen molar-refractivity contribution in [3.8, 4) is 11.5 Å². The molecule has 0 saturated carbocycles. The smallest absolute Gasteiger partial charge is 0.146 e. The molecule has 0 unspecified atom stereocenters. The fourth-order valence-electron chi connectivity index (χ4n) is 6.29. The standard InChI is InChI=1S/C44H39NO4/c1-32-8-4-10-38(28-32)45(39-11-5-9-33(2)29-39)37-20-14-34(15-21-37)44(3,35-16-22-40(23-17-35)48-30-42-12-6-26-46-42)36-18-24-41(25-19-36)49-31-43-13-7-27-47-43/h4-29H,30-31H2,1-3H3. The molecule has 244 valence electrons. The van der Waals surface area contributed by atoms with E-state index in [1.54, 1.807) is 12.5 Å². The Labute approximate surface area is 288 Å². The molecule has 7 rings (SSSR count). The molecule has 0 aliphatic rings. The minimum absolute atomic E-state index is 0.378. The summed E-state index contributed by atoms with van der Waals surface area (Å²) in [5, 5.41) is 0. The summed E-state index contributed by atoms with van der Waals surface area (Å²) in [4.78, 5) is 2.32. The molecule has 5 nitrogen and oxygen atoms in total. The fourth-order valence-corrected chi connectivity index (χ4v) is 6.29. The van der Waals surface area contributed by atoms with Crippen molar-refractivity contribution in [1.82, 2.24) is 0 Å². The molecular formula is C44H39NO4. The van der Waals surface area contributed by atoms with E-state index in [2.05, 4.69) is 123 Å². The van der Waals surface area contributed by atoms with Gasteiger partial charge in [0.15, 0.2) is 0 Å². The molecule has 0 spiro atoms. The van der Waals surface area contributed by atoms with Gasteiger partial charge in [0.25, 0.3) is 0 Å². The summed E-state index contributed by atoms with van der Waals surface area (Å²) < 4.78 is 22.9. The zero-order chi connectivity index (χ0) is 33.6. The maximum Gasteiger partial charge on any atom is 0.146 e. The lowest BCUT2D eigenvalue weighted by molar-refractivity contribution is 0.270. The molecule has 2 heterocycles. The van der Waals surface area contributed by atoms with E-state index >= 15 is 0 Å². The second-order valence-electron chi connectivity index (χ2n) is 12.5. The normalized spacial score (nSPS) is 11.3. The van der Waals surface area contributed by atoms with Gasteiger partial charge in [-0.15, -0.1) is 0 Å². The lowest BCUT2D eigenvalue weighted by Gasteiger charge is -2.33. The predicted octanol–water partition coefficient (Wildman–Crippen LogP) is 11.5. The molecule has 0 amide bonds. The lowest BCUT2D eigenvalue weighted by atomic mass is 9.71. The predicted molar refractivity (Wildman–Crippen MR) is 195 cm³/mol. The fraction of sp³-hybridized carbons (Fsp3) is 0.136. The molecule has 49 heavy (non-hydrogen) atoms. The first-order valence-corrected chi connectivity index (χ1v) is 16.5. The summed E-state index contributed by atoms with van der Waals surface area (Å²) in [5.74, 6) is 3.14. The van der Waals surface area contributed by atoms with E-state index in [0.717, 1.165) is 56.8 Å². The zero-order valence-electron chi connectivity index (χ0n) is 28.0. The number of hydrogen-bond acceptors (Lipinski definition) is 5. The van der Waals surface area contributed by atoms with E-state index in [0.29, 0.717) is 13.2 Å². The molecule has 0 fully saturated rings. The Morgan fingerprint density at radius 2 is 0.918 bits per heavy atom. The number of furan rings is 2. The van der Waals surface area contributed by atoms with Crippen molar-refractivity contribution in [2.24, 2.45) is 0 Å². The van der Waals surface area contributed by atoms with Crippen LogP contribution in [0.2, 0.25) is 0 Å². The van der Waals surface area contributed by atoms with Crippen molar-refractivity contribution < 1.29 is 18.3 Å². The van der Waals surface area contributed by atoms with Crippen molar-refractivity contribution in [3.05, 3.63) is 197 Å². The first-order valence-electron chi connectivity index (χ1n) is 16.5. The third-order valence-corrected chi connectivity index (χ3v) is 9.01. The van der Waals surface area contributed by atoms with Crippen molar-refractivity contribution >= 4 is 17.1 Å². The summed E-state index contributed by atoms with van der Waals surface area (Å²) in [6.07, 6.45) is 3.32. The molecule has 5 aromatic carbocycles. The maximum atomic E-state index is 6.02. The molecule has 0 aliphatic heterocycles. The van der Waals surface area contributed by atoms with E-state index < -0.39 is 5.41 Å². The largest absolute Gasteiger partial charge is 0.486 e. The summed E-state index contributed by atoms with van der Waals surface area (Å²) in [6.45, 7) is 7.30. The average molecular weight is 646 g/mol. The van der Waals surface area contributed by atoms with Crippen LogP contribution >= 0.6 is 0 Å². The maximum absolute atomic E-state index is 6.02. The highest BCUT2D eigenvalue weighted by molar-refractivity contribution is 5.77. The number of aryl methyl sites for hydroxylation is 2. The van der Waals surface area contributed by atoms with Gasteiger partial charge in [-0.05, 0) is 134 Å². The van der Waals surface area contributed by atoms with Gasteiger partial charge in [0.05, 0.1) is 12.5 Å². The SMILES string of the molecule is Cc1cccc(N(c2ccc(C(C)(c3ccc(OCc4ccco4)cc3)c3ccc(OCc4ccco4)cc3)cc2)c2cccc(C)c2)c1. The van der Waals surface area contributed by atoms with E-state index in [1.165, 1.54) is 11.1 Å². The van der Waals surface area contributed by atoms with Gasteiger partial charge in [0.2, 0.25) is 0 Å². The highest BCUT2D eigenvalue weighted by atomic mass is 16.5. The van der Waals surface area contributed by atoms with Crippen LogP contribution in [0.15, 0.2) is 167 Å². The van der Waals surface area contributed by atoms with Gasteiger partial charge < -0.3 is 23.2 Å². The molecule has 0 saturated heterocycles. The molecular weight excluding hydrogens is 606 g/mol. The van der Waals surface area contributed by atoms with Crippen LogP contribution in [-0.2, 0) is 18.6 Å². The van der Waals surface area contributed by atoms with Gasteiger partial charge in [-0.3, -0.25) is 0 Å². The highest BCUT2D eigenvalue weighted by Crippen LogP contribution is 2.42. The summed E-state index contributed by atoms with van der Waals surface area (Å²) in [7, 11) is 0. The van der Waals surface area contributed by atoms with Gasteiger partial charge in [0.1, 0.15) is 36.2 Å². The molecule has 2 aromatic heterocycles. The minimum Gasteiger partial charge on any atom is -0.486 e. The Kier molecular flexibility index (Phi) is 9.07. The van der Waals surface area contributed by atoms with Crippen LogP contribution in [-0.4, -0.2) is 0 Å². The average Bonchev–Trinajstić information content (AvgIpc) is 3.86. The van der Waals surface area contributed by atoms with E-state index in [4.69, 9.17) is 18.3 Å². The van der Waals surface area contributed by atoms with E-state index in [9.17, 15) is 0 Å². The van der Waals surface area contributed by atoms with Crippen LogP contribution in [0.25, 0.3) is 0 Å². The zero-order valence-corrected chi connectivity index (χ0v) is 28.0. The van der Waals surface area contributed by atoms with Crippen molar-refractivity contribution in [3.63, 3.8) is 0 Å². The van der Waals surface area contributed by atoms with Crippen molar-refractivity contribution in [1.29, 1.82) is 0 Å². The number of benzene rings is 5. The summed E-state index contributed by atoms with van der Waals surface area (Å²) >= 11 is 0. The van der Waals surface area contributed by atoms with Crippen LogP contribution in [0.1, 0.15) is 46.3 Å². The second-order valence-corrected chi connectivity index (χ2v) is 12.5. The van der Waals surface area contributed by atoms with Gasteiger partial charge in [-0.2, -0.15) is 0 Å². The molecule has 0 N–H and O–H groups in total. The Morgan fingerprint density at radius 1 is 0.490 bits per heavy atom. The van der Waals surface area contributed by atoms with Gasteiger partial charge in [-0.1, -0.05) is 60.7 Å². The van der Waals surface area contributed by atoms with Gasteiger partial charge in [-0.25, -0.2) is 0 Å². The quantitative estimate of drug-likeness (QED) is 0.124. The highest BCUT2D eigenvalue weighted by Gasteiger charge is 2.32. The molecule has 5 heteroatoms. The van der Waals surface area contributed by atoms with Crippen LogP contribution in [0.5, 0.6) is 11.5 Å². The molecule has 0 radical (unpaired) electrons. The van der Waals surface area contributed by atoms with Crippen LogP contribution in [0, 0.1) is 13.8 Å². The number of hydrogen-bond donors (Lipinski definition) is 0. The van der Waals surface area contributed by atoms with Gasteiger partial charge in [0, 0.05) is 22.5 Å². The van der Waals surface area contributed by atoms with Crippen molar-refractivity contribution in [2.75, 3.05) is 4.90 Å². The summed E-state index contributed by atoms with van der Waals surface area (Å²) in [6, 6.07) is 50.5. The Bertz CT molecular complexity index is 1950. The minimum atomic E-state index is -0.477. The van der Waals surface area contributed by atoms with Gasteiger partial charge >= 0.3 is 0 Å². The number of rotatable bonds is 12. The number of anilines is 3. The monoisotopic (exact) mass is 645 g/mol. The number of ether oxygens (including phenoxy) is 2. The first kappa shape index (κ1) is 31.6. The van der Waals surface area contributed by atoms with Crippen LogP contribution < -0.4 is 14.4 Å². The topological polar surface area (TPSA) is 48.0 Å². The molecule has 0 atom stereocenters. The number of nitrogens with zero attached hydrogens (tertiary/aromatic N) is 1. The molecule has 7 aromatic rings. The first-order chi connectivity index (χ1) is 24.0. The van der Waals surface area contributed by atoms with Crippen LogP contribution in [0.4, 0.5) is 17.1 Å². The van der Waals surface area contributed by atoms with Crippen LogP contribution in [0.3, 0.4) is 0 Å². The Balaban J connectivity index is 1.24. The van der Waals surface area contributed by atoms with E-state index in [-0.39, 0.29) is 0 Å². The Hall–Kier alpha value is -5.94. The molecule has 0 aliphatic carbocycles. The third kappa shape index (κ3) is 7.02. The van der Waals surface area contributed by atoms with E-state index in [1.807, 2.05) is 48.5 Å². The third-order valence-electron chi connectivity index (χ3n) is 9.01. The summed E-state index contributed by atoms with van der Waals surface area (Å²) in [5.41, 5.74) is 8.74. The lowest BCUT2D eigenvalue weighted by Crippen LogP contribution is -2.25. The second kappa shape index (κ2) is 14.0. The Morgan fingerprint density at radius 3 is 1.31 bits per heavy atom. The molecule has 0 bridgehead atoms. The van der Waals surface area contributed by atoms with Crippen molar-refractivity contribution in [2.45, 2.75) is 39.4 Å².